The molecule has 124 valence electrons. The first-order valence-electron chi connectivity index (χ1n) is 7.81. The molecule has 2 atom stereocenters. The number of fused-ring (bicyclic) bond motifs is 2. The number of halogens is 1. The van der Waals surface area contributed by atoms with Crippen molar-refractivity contribution in [2.45, 2.75) is 18.9 Å². The van der Waals surface area contributed by atoms with Crippen LogP contribution in [0.4, 0.5) is 0 Å². The van der Waals surface area contributed by atoms with Gasteiger partial charge in [-0.05, 0) is 24.6 Å². The van der Waals surface area contributed by atoms with E-state index < -0.39 is 12.0 Å². The number of nitrogens with zero attached hydrogens (tertiary/aromatic N) is 2. The molecule has 1 unspecified atom stereocenters. The number of rotatable bonds is 2. The van der Waals surface area contributed by atoms with E-state index in [0.717, 1.165) is 15.6 Å². The van der Waals surface area contributed by atoms with Crippen molar-refractivity contribution in [2.75, 3.05) is 0 Å². The van der Waals surface area contributed by atoms with Crippen LogP contribution in [-0.4, -0.2) is 22.5 Å². The molecule has 0 fully saturated rings. The number of carbonyl (C=O) groups excluding carboxylic acids is 1. The zero-order chi connectivity index (χ0) is 17.7. The van der Waals surface area contributed by atoms with Gasteiger partial charge in [-0.1, -0.05) is 52.3 Å². The Labute approximate surface area is 152 Å². The maximum Gasteiger partial charge on any atom is 0.261 e. The topological polar surface area (TPSA) is 72.6 Å². The fourth-order valence-corrected chi connectivity index (χ4v) is 4.08. The number of Topliss-reactive ketones (excluding diaryl/α,β-unsaturated/α-hetero) is 1. The Morgan fingerprint density at radius 3 is 2.52 bits per heavy atom. The summed E-state index contributed by atoms with van der Waals surface area (Å²) < 4.78 is 0.817. The van der Waals surface area contributed by atoms with E-state index in [1.807, 2.05) is 36.4 Å². The fourth-order valence-electron chi connectivity index (χ4n) is 3.66. The van der Waals surface area contributed by atoms with Crippen LogP contribution in [0.25, 0.3) is 5.70 Å². The molecule has 1 aliphatic heterocycles. The SMILES string of the molecule is CC1=NC2=C(C(=O)c3ccccc32)[C@@H](c2cccc(Br)c2)C1[N+](=O)[O-]. The quantitative estimate of drug-likeness (QED) is 0.562. The summed E-state index contributed by atoms with van der Waals surface area (Å²) in [5, 5.41) is 11.8. The predicted molar refractivity (Wildman–Crippen MR) is 98.5 cm³/mol. The molecule has 2 aliphatic rings. The van der Waals surface area contributed by atoms with Crippen molar-refractivity contribution < 1.29 is 9.72 Å². The second-order valence-corrected chi connectivity index (χ2v) is 7.07. The Morgan fingerprint density at radius 1 is 1.12 bits per heavy atom. The zero-order valence-electron chi connectivity index (χ0n) is 13.3. The molecule has 5 nitrogen and oxygen atoms in total. The van der Waals surface area contributed by atoms with Gasteiger partial charge in [-0.15, -0.1) is 0 Å². The average Bonchev–Trinajstić information content (AvgIpc) is 2.86. The first-order valence-corrected chi connectivity index (χ1v) is 8.60. The maximum atomic E-state index is 13.0. The molecule has 0 N–H and O–H groups in total. The minimum Gasteiger partial charge on any atom is -0.289 e. The van der Waals surface area contributed by atoms with Crippen LogP contribution < -0.4 is 0 Å². The summed E-state index contributed by atoms with van der Waals surface area (Å²) >= 11 is 3.42. The molecule has 2 aromatic rings. The molecule has 1 heterocycles. The molecule has 1 aliphatic carbocycles. The predicted octanol–water partition coefficient (Wildman–Crippen LogP) is 4.26. The van der Waals surface area contributed by atoms with Crippen LogP contribution in [0.15, 0.2) is 63.6 Å². The van der Waals surface area contributed by atoms with E-state index in [-0.39, 0.29) is 10.7 Å². The van der Waals surface area contributed by atoms with Crippen LogP contribution in [0.1, 0.15) is 34.3 Å². The number of hydrogen-bond donors (Lipinski definition) is 0. The van der Waals surface area contributed by atoms with E-state index in [2.05, 4.69) is 20.9 Å². The standard InChI is InChI=1S/C19H13BrN2O3/c1-10-18(22(24)25)15(11-5-4-6-12(20)9-11)16-17(21-10)13-7-2-3-8-14(13)19(16)23/h2-9,15,18H,1H3/t15-,18?/m1/s1. The molecule has 0 spiro atoms. The molecule has 0 saturated carbocycles. The summed E-state index contributed by atoms with van der Waals surface area (Å²) in [6, 6.07) is 13.5. The Bertz CT molecular complexity index is 994. The first kappa shape index (κ1) is 15.9. The lowest BCUT2D eigenvalue weighted by Gasteiger charge is -2.26. The minimum absolute atomic E-state index is 0.168. The Balaban J connectivity index is 1.98. The number of carbonyl (C=O) groups is 1. The lowest BCUT2D eigenvalue weighted by molar-refractivity contribution is -0.505. The van der Waals surface area contributed by atoms with Gasteiger partial charge in [-0.2, -0.15) is 0 Å². The highest BCUT2D eigenvalue weighted by atomic mass is 79.9. The van der Waals surface area contributed by atoms with Gasteiger partial charge in [0.1, 0.15) is 0 Å². The molecule has 0 aromatic heterocycles. The van der Waals surface area contributed by atoms with E-state index >= 15 is 0 Å². The van der Waals surface area contributed by atoms with Gasteiger partial charge in [0.05, 0.1) is 17.3 Å². The molecule has 0 radical (unpaired) electrons. The minimum atomic E-state index is -1.05. The number of ketones is 1. The van der Waals surface area contributed by atoms with Gasteiger partial charge >= 0.3 is 0 Å². The van der Waals surface area contributed by atoms with E-state index in [0.29, 0.717) is 22.5 Å². The van der Waals surface area contributed by atoms with Crippen molar-refractivity contribution in [3.05, 3.63) is 85.4 Å². The summed E-state index contributed by atoms with van der Waals surface area (Å²) in [6.45, 7) is 1.66. The van der Waals surface area contributed by atoms with Gasteiger partial charge in [0, 0.05) is 26.1 Å². The molecule has 25 heavy (non-hydrogen) atoms. The molecule has 0 saturated heterocycles. The van der Waals surface area contributed by atoms with Crippen molar-refractivity contribution in [3.8, 4) is 0 Å². The number of aliphatic imine (C=N–C) groups is 1. The Kier molecular flexibility index (Phi) is 3.65. The van der Waals surface area contributed by atoms with Crippen LogP contribution in [-0.2, 0) is 0 Å². The number of hydrogen-bond acceptors (Lipinski definition) is 4. The third-order valence-electron chi connectivity index (χ3n) is 4.70. The van der Waals surface area contributed by atoms with Crippen molar-refractivity contribution in [3.63, 3.8) is 0 Å². The summed E-state index contributed by atoms with van der Waals surface area (Å²) in [6.07, 6.45) is 0. The Hall–Kier alpha value is -2.60. The van der Waals surface area contributed by atoms with Crippen LogP contribution in [0.2, 0.25) is 0 Å². The van der Waals surface area contributed by atoms with E-state index in [1.54, 1.807) is 19.1 Å². The third-order valence-corrected chi connectivity index (χ3v) is 5.20. The van der Waals surface area contributed by atoms with Crippen LogP contribution in [0.3, 0.4) is 0 Å². The van der Waals surface area contributed by atoms with Gasteiger partial charge in [-0.3, -0.25) is 14.9 Å². The van der Waals surface area contributed by atoms with Crippen molar-refractivity contribution in [2.24, 2.45) is 4.99 Å². The van der Waals surface area contributed by atoms with E-state index in [9.17, 15) is 14.9 Å². The summed E-state index contributed by atoms with van der Waals surface area (Å²) in [4.78, 5) is 28.9. The lowest BCUT2D eigenvalue weighted by atomic mass is 9.80. The van der Waals surface area contributed by atoms with Crippen LogP contribution >= 0.6 is 15.9 Å². The van der Waals surface area contributed by atoms with Crippen LogP contribution in [0, 0.1) is 10.1 Å². The van der Waals surface area contributed by atoms with Crippen molar-refractivity contribution >= 4 is 33.1 Å². The average molecular weight is 397 g/mol. The van der Waals surface area contributed by atoms with Gasteiger partial charge in [0.2, 0.25) is 0 Å². The monoisotopic (exact) mass is 396 g/mol. The molecule has 0 bridgehead atoms. The van der Waals surface area contributed by atoms with Crippen LogP contribution in [0.5, 0.6) is 0 Å². The highest BCUT2D eigenvalue weighted by Crippen LogP contribution is 2.46. The van der Waals surface area contributed by atoms with E-state index in [4.69, 9.17) is 0 Å². The smallest absolute Gasteiger partial charge is 0.261 e. The van der Waals surface area contributed by atoms with Crippen molar-refractivity contribution in [1.82, 2.24) is 0 Å². The van der Waals surface area contributed by atoms with Gasteiger partial charge < -0.3 is 0 Å². The molecule has 0 amide bonds. The molecular weight excluding hydrogens is 384 g/mol. The van der Waals surface area contributed by atoms with Crippen molar-refractivity contribution in [1.29, 1.82) is 0 Å². The lowest BCUT2D eigenvalue weighted by Crippen LogP contribution is -2.38. The summed E-state index contributed by atoms with van der Waals surface area (Å²) in [5.41, 5.74) is 3.46. The second-order valence-electron chi connectivity index (χ2n) is 6.15. The highest BCUT2D eigenvalue weighted by molar-refractivity contribution is 9.10. The second kappa shape index (κ2) is 5.74. The largest absolute Gasteiger partial charge is 0.289 e. The maximum absolute atomic E-state index is 13.0. The first-order chi connectivity index (χ1) is 12.0. The molecular formula is C19H13BrN2O3. The van der Waals surface area contributed by atoms with Gasteiger partial charge in [-0.25, -0.2) is 4.99 Å². The normalized spacial score (nSPS) is 21.7. The van der Waals surface area contributed by atoms with E-state index in [1.165, 1.54) is 0 Å². The summed E-state index contributed by atoms with van der Waals surface area (Å²) in [7, 11) is 0. The molecule has 4 rings (SSSR count). The number of nitro groups is 1. The summed E-state index contributed by atoms with van der Waals surface area (Å²) in [5.74, 6) is -0.821. The fraction of sp³-hybridized carbons (Fsp3) is 0.158. The van der Waals surface area contributed by atoms with Gasteiger partial charge in [0.15, 0.2) is 5.78 Å². The molecule has 2 aromatic carbocycles. The van der Waals surface area contributed by atoms with Gasteiger partial charge in [0.25, 0.3) is 6.04 Å². The Morgan fingerprint density at radius 2 is 1.84 bits per heavy atom. The third kappa shape index (κ3) is 2.36. The number of benzene rings is 2. The zero-order valence-corrected chi connectivity index (χ0v) is 14.9. The highest BCUT2D eigenvalue weighted by Gasteiger charge is 2.48. The molecule has 6 heteroatoms.